The fourth-order valence-corrected chi connectivity index (χ4v) is 3.68. The van der Waals surface area contributed by atoms with Crippen LogP contribution in [0.15, 0.2) is 42.7 Å². The van der Waals surface area contributed by atoms with Crippen molar-refractivity contribution < 1.29 is 14.3 Å². The lowest BCUT2D eigenvalue weighted by Crippen LogP contribution is -2.24. The molecule has 1 amide bonds. The first-order chi connectivity index (χ1) is 13.1. The zero-order valence-corrected chi connectivity index (χ0v) is 16.3. The third kappa shape index (κ3) is 4.62. The molecule has 140 valence electrons. The van der Waals surface area contributed by atoms with Crippen LogP contribution in [0.3, 0.4) is 0 Å². The van der Waals surface area contributed by atoms with E-state index in [1.54, 1.807) is 26.6 Å². The number of carbonyl (C=O) groups excluding carboxylic acids is 1. The van der Waals surface area contributed by atoms with Gasteiger partial charge < -0.3 is 14.8 Å². The van der Waals surface area contributed by atoms with Crippen molar-refractivity contribution >= 4 is 17.2 Å². The average molecular weight is 383 g/mol. The summed E-state index contributed by atoms with van der Waals surface area (Å²) >= 11 is 1.54. The Hall–Kier alpha value is -2.93. The van der Waals surface area contributed by atoms with Crippen molar-refractivity contribution in [2.45, 2.75) is 19.9 Å². The Morgan fingerprint density at radius 3 is 2.56 bits per heavy atom. The Kier molecular flexibility index (Phi) is 6.03. The van der Waals surface area contributed by atoms with Gasteiger partial charge in [-0.3, -0.25) is 9.78 Å². The number of pyridine rings is 1. The molecular weight excluding hydrogens is 362 g/mol. The molecule has 3 aromatic rings. The van der Waals surface area contributed by atoms with Gasteiger partial charge in [-0.15, -0.1) is 11.3 Å². The van der Waals surface area contributed by atoms with Gasteiger partial charge in [-0.05, 0) is 36.8 Å². The first-order valence-electron chi connectivity index (χ1n) is 8.45. The van der Waals surface area contributed by atoms with Crippen LogP contribution in [0, 0.1) is 6.92 Å². The molecule has 0 saturated heterocycles. The van der Waals surface area contributed by atoms with Gasteiger partial charge >= 0.3 is 0 Å². The topological polar surface area (TPSA) is 73.3 Å². The van der Waals surface area contributed by atoms with E-state index in [0.29, 0.717) is 24.5 Å². The maximum atomic E-state index is 12.4. The minimum absolute atomic E-state index is 0.0437. The second-order valence-corrected chi connectivity index (χ2v) is 6.99. The summed E-state index contributed by atoms with van der Waals surface area (Å²) in [6.07, 6.45) is 3.78. The number of hydrogen-bond acceptors (Lipinski definition) is 6. The van der Waals surface area contributed by atoms with Gasteiger partial charge in [0.1, 0.15) is 5.01 Å². The quantitative estimate of drug-likeness (QED) is 0.677. The van der Waals surface area contributed by atoms with E-state index >= 15 is 0 Å². The standard InChI is InChI=1S/C20H21N3O3S/c1-13-18(27-20(23-13)15-6-8-21-9-7-15)11-19(24)22-12-14-4-5-16(25-2)17(10-14)26-3/h4-10H,11-12H2,1-3H3,(H,22,24). The molecule has 7 heteroatoms. The first-order valence-corrected chi connectivity index (χ1v) is 9.26. The molecule has 0 unspecified atom stereocenters. The van der Waals surface area contributed by atoms with Crippen molar-refractivity contribution in [3.63, 3.8) is 0 Å². The highest BCUT2D eigenvalue weighted by Gasteiger charge is 2.13. The molecule has 27 heavy (non-hydrogen) atoms. The lowest BCUT2D eigenvalue weighted by molar-refractivity contribution is -0.120. The van der Waals surface area contributed by atoms with Crippen molar-refractivity contribution in [2.75, 3.05) is 14.2 Å². The summed E-state index contributed by atoms with van der Waals surface area (Å²) in [5, 5.41) is 3.85. The Labute approximate surface area is 162 Å². The maximum absolute atomic E-state index is 12.4. The highest BCUT2D eigenvalue weighted by molar-refractivity contribution is 7.15. The summed E-state index contributed by atoms with van der Waals surface area (Å²) in [5.74, 6) is 1.26. The molecule has 0 saturated carbocycles. The molecule has 0 spiro atoms. The van der Waals surface area contributed by atoms with Gasteiger partial charge in [0.2, 0.25) is 5.91 Å². The number of aryl methyl sites for hydroxylation is 1. The minimum atomic E-state index is -0.0437. The SMILES string of the molecule is COc1ccc(CNC(=O)Cc2sc(-c3ccncc3)nc2C)cc1OC. The average Bonchev–Trinajstić information content (AvgIpc) is 3.07. The lowest BCUT2D eigenvalue weighted by atomic mass is 10.2. The maximum Gasteiger partial charge on any atom is 0.225 e. The van der Waals surface area contributed by atoms with E-state index in [-0.39, 0.29) is 5.91 Å². The Morgan fingerprint density at radius 2 is 1.85 bits per heavy atom. The molecule has 0 bridgehead atoms. The summed E-state index contributed by atoms with van der Waals surface area (Å²) in [4.78, 5) is 21.9. The molecule has 3 rings (SSSR count). The van der Waals surface area contributed by atoms with Crippen LogP contribution in [-0.4, -0.2) is 30.1 Å². The van der Waals surface area contributed by atoms with Crippen molar-refractivity contribution in [1.29, 1.82) is 0 Å². The molecular formula is C20H21N3O3S. The fraction of sp³-hybridized carbons (Fsp3) is 0.250. The lowest BCUT2D eigenvalue weighted by Gasteiger charge is -2.10. The van der Waals surface area contributed by atoms with Gasteiger partial charge in [0.05, 0.1) is 26.3 Å². The van der Waals surface area contributed by atoms with Crippen LogP contribution < -0.4 is 14.8 Å². The first kappa shape index (κ1) is 18.8. The highest BCUT2D eigenvalue weighted by atomic mass is 32.1. The number of methoxy groups -OCH3 is 2. The number of aromatic nitrogens is 2. The van der Waals surface area contributed by atoms with E-state index < -0.39 is 0 Å². The number of ether oxygens (including phenoxy) is 2. The van der Waals surface area contributed by atoms with Gasteiger partial charge in [-0.25, -0.2) is 4.98 Å². The molecule has 0 aliphatic rings. The second kappa shape index (κ2) is 8.64. The second-order valence-electron chi connectivity index (χ2n) is 5.91. The Balaban J connectivity index is 1.62. The molecule has 0 radical (unpaired) electrons. The molecule has 0 fully saturated rings. The number of nitrogens with one attached hydrogen (secondary N) is 1. The molecule has 6 nitrogen and oxygen atoms in total. The van der Waals surface area contributed by atoms with Crippen LogP contribution in [0.4, 0.5) is 0 Å². The largest absolute Gasteiger partial charge is 0.493 e. The van der Waals surface area contributed by atoms with Crippen LogP contribution >= 0.6 is 11.3 Å². The number of amides is 1. The Morgan fingerprint density at radius 1 is 1.11 bits per heavy atom. The van der Waals surface area contributed by atoms with Crippen molar-refractivity contribution in [3.8, 4) is 22.1 Å². The summed E-state index contributed by atoms with van der Waals surface area (Å²) in [7, 11) is 3.18. The smallest absolute Gasteiger partial charge is 0.225 e. The van der Waals surface area contributed by atoms with Crippen molar-refractivity contribution in [1.82, 2.24) is 15.3 Å². The number of rotatable bonds is 7. The number of carbonyl (C=O) groups is 1. The number of benzene rings is 1. The zero-order valence-electron chi connectivity index (χ0n) is 15.5. The molecule has 1 aromatic carbocycles. The minimum Gasteiger partial charge on any atom is -0.493 e. The number of thiazole rings is 1. The highest BCUT2D eigenvalue weighted by Crippen LogP contribution is 2.28. The van der Waals surface area contributed by atoms with E-state index in [0.717, 1.165) is 26.7 Å². The molecule has 2 aromatic heterocycles. The van der Waals surface area contributed by atoms with Gasteiger partial charge in [0, 0.05) is 29.4 Å². The van der Waals surface area contributed by atoms with Crippen molar-refractivity contribution in [2.24, 2.45) is 0 Å². The van der Waals surface area contributed by atoms with Crippen LogP contribution in [0.2, 0.25) is 0 Å². The summed E-state index contributed by atoms with van der Waals surface area (Å²) in [5.41, 5.74) is 2.84. The Bertz CT molecular complexity index is 925. The van der Waals surface area contributed by atoms with E-state index in [4.69, 9.17) is 9.47 Å². The molecule has 2 heterocycles. The molecule has 0 aliphatic carbocycles. The molecule has 0 aliphatic heterocycles. The van der Waals surface area contributed by atoms with E-state index in [1.807, 2.05) is 37.3 Å². The van der Waals surface area contributed by atoms with Gasteiger partial charge in [-0.1, -0.05) is 6.07 Å². The number of nitrogens with zero attached hydrogens (tertiary/aromatic N) is 2. The third-order valence-electron chi connectivity index (χ3n) is 4.08. The zero-order chi connectivity index (χ0) is 19.2. The van der Waals surface area contributed by atoms with Gasteiger partial charge in [-0.2, -0.15) is 0 Å². The monoisotopic (exact) mass is 383 g/mol. The number of hydrogen-bond donors (Lipinski definition) is 1. The van der Waals surface area contributed by atoms with Gasteiger partial charge in [0.25, 0.3) is 0 Å². The third-order valence-corrected chi connectivity index (χ3v) is 5.29. The van der Waals surface area contributed by atoms with E-state index in [2.05, 4.69) is 15.3 Å². The summed E-state index contributed by atoms with van der Waals surface area (Å²) in [6, 6.07) is 9.42. The predicted octanol–water partition coefficient (Wildman–Crippen LogP) is 3.39. The van der Waals surface area contributed by atoms with Crippen LogP contribution in [0.5, 0.6) is 11.5 Å². The van der Waals surface area contributed by atoms with Crippen LogP contribution in [-0.2, 0) is 17.8 Å². The van der Waals surface area contributed by atoms with Crippen LogP contribution in [0.25, 0.3) is 10.6 Å². The molecule has 0 atom stereocenters. The van der Waals surface area contributed by atoms with Crippen molar-refractivity contribution in [3.05, 3.63) is 58.9 Å². The summed E-state index contributed by atoms with van der Waals surface area (Å²) in [6.45, 7) is 2.35. The fourth-order valence-electron chi connectivity index (χ4n) is 2.61. The van der Waals surface area contributed by atoms with E-state index in [1.165, 1.54) is 11.3 Å². The van der Waals surface area contributed by atoms with Crippen LogP contribution in [0.1, 0.15) is 16.1 Å². The normalized spacial score (nSPS) is 10.5. The predicted molar refractivity (Wildman–Crippen MR) is 105 cm³/mol. The summed E-state index contributed by atoms with van der Waals surface area (Å²) < 4.78 is 10.5. The molecule has 1 N–H and O–H groups in total. The van der Waals surface area contributed by atoms with E-state index in [9.17, 15) is 4.79 Å². The van der Waals surface area contributed by atoms with Gasteiger partial charge in [0.15, 0.2) is 11.5 Å².